The molecule has 2 rings (SSSR count). The molecule has 1 saturated carbocycles. The van der Waals surface area contributed by atoms with Crippen molar-refractivity contribution in [1.82, 2.24) is 9.97 Å². The second kappa shape index (κ2) is 4.61. The average molecular weight is 235 g/mol. The van der Waals surface area contributed by atoms with E-state index in [1.807, 2.05) is 0 Å². The molecule has 4 nitrogen and oxygen atoms in total. The van der Waals surface area contributed by atoms with E-state index in [9.17, 15) is 0 Å². The van der Waals surface area contributed by atoms with Crippen LogP contribution < -0.4 is 10.5 Å². The van der Waals surface area contributed by atoms with Crippen molar-refractivity contribution in [1.29, 1.82) is 0 Å². The fourth-order valence-corrected chi connectivity index (χ4v) is 2.77. The van der Waals surface area contributed by atoms with Gasteiger partial charge in [-0.05, 0) is 18.3 Å². The summed E-state index contributed by atoms with van der Waals surface area (Å²) in [6.45, 7) is 4.50. The van der Waals surface area contributed by atoms with Gasteiger partial charge in [-0.25, -0.2) is 9.97 Å². The Balaban J connectivity index is 2.29. The van der Waals surface area contributed by atoms with Gasteiger partial charge in [0.15, 0.2) is 0 Å². The maximum absolute atomic E-state index is 6.59. The lowest BCUT2D eigenvalue weighted by Crippen LogP contribution is -2.48. The minimum Gasteiger partial charge on any atom is -0.467 e. The van der Waals surface area contributed by atoms with Crippen molar-refractivity contribution < 1.29 is 4.74 Å². The van der Waals surface area contributed by atoms with E-state index in [0.29, 0.717) is 17.8 Å². The Morgan fingerprint density at radius 2 is 2.00 bits per heavy atom. The molecule has 3 atom stereocenters. The number of rotatable bonds is 2. The van der Waals surface area contributed by atoms with Gasteiger partial charge in [0.2, 0.25) is 0 Å². The lowest BCUT2D eigenvalue weighted by Gasteiger charge is -2.43. The van der Waals surface area contributed by atoms with Gasteiger partial charge in [-0.3, -0.25) is 0 Å². The molecular formula is C13H21N3O. The standard InChI is InChI=1S/C13H21N3O/c1-9-5-4-6-13(14,10(9)2)11-7-15-12(17-3)16-8-11/h7-10H,4-6,14H2,1-3H3. The molecule has 0 saturated heterocycles. The predicted molar refractivity (Wildman–Crippen MR) is 66.6 cm³/mol. The lowest BCUT2D eigenvalue weighted by molar-refractivity contribution is 0.143. The highest BCUT2D eigenvalue weighted by Gasteiger charge is 2.40. The van der Waals surface area contributed by atoms with Crippen LogP contribution in [0.5, 0.6) is 6.01 Å². The lowest BCUT2D eigenvalue weighted by atomic mass is 9.66. The fraction of sp³-hybridized carbons (Fsp3) is 0.692. The Bertz CT molecular complexity index is 379. The summed E-state index contributed by atoms with van der Waals surface area (Å²) in [5.74, 6) is 1.10. The smallest absolute Gasteiger partial charge is 0.316 e. The first-order valence-corrected chi connectivity index (χ1v) is 6.23. The molecule has 1 fully saturated rings. The van der Waals surface area contributed by atoms with Crippen molar-refractivity contribution in [3.05, 3.63) is 18.0 Å². The van der Waals surface area contributed by atoms with Crippen LogP contribution in [0.25, 0.3) is 0 Å². The number of nitrogens with zero attached hydrogens (tertiary/aromatic N) is 2. The normalized spacial score (nSPS) is 33.4. The summed E-state index contributed by atoms with van der Waals surface area (Å²) in [6.07, 6.45) is 7.06. The first-order valence-electron chi connectivity index (χ1n) is 6.23. The van der Waals surface area contributed by atoms with Crippen molar-refractivity contribution in [2.45, 2.75) is 38.6 Å². The number of hydrogen-bond acceptors (Lipinski definition) is 4. The first-order chi connectivity index (χ1) is 8.08. The molecule has 1 aromatic rings. The third kappa shape index (κ3) is 2.14. The Morgan fingerprint density at radius 3 is 2.59 bits per heavy atom. The van der Waals surface area contributed by atoms with Crippen LogP contribution in [0.2, 0.25) is 0 Å². The van der Waals surface area contributed by atoms with Gasteiger partial charge in [-0.2, -0.15) is 0 Å². The molecule has 0 aliphatic heterocycles. The fourth-order valence-electron chi connectivity index (χ4n) is 2.77. The van der Waals surface area contributed by atoms with E-state index in [1.54, 1.807) is 19.5 Å². The summed E-state index contributed by atoms with van der Waals surface area (Å²) in [7, 11) is 1.57. The summed E-state index contributed by atoms with van der Waals surface area (Å²) in [6, 6.07) is 0.397. The van der Waals surface area contributed by atoms with E-state index in [2.05, 4.69) is 23.8 Å². The molecule has 1 aliphatic rings. The zero-order valence-corrected chi connectivity index (χ0v) is 10.8. The summed E-state index contributed by atoms with van der Waals surface area (Å²) in [5, 5.41) is 0. The molecule has 1 aliphatic carbocycles. The van der Waals surface area contributed by atoms with Gasteiger partial charge in [0.25, 0.3) is 0 Å². The molecule has 1 heterocycles. The highest BCUT2D eigenvalue weighted by Crippen LogP contribution is 2.42. The summed E-state index contributed by atoms with van der Waals surface area (Å²) < 4.78 is 4.97. The van der Waals surface area contributed by atoms with E-state index in [1.165, 1.54) is 12.8 Å². The largest absolute Gasteiger partial charge is 0.467 e. The third-order valence-electron chi connectivity index (χ3n) is 4.26. The summed E-state index contributed by atoms with van der Waals surface area (Å²) >= 11 is 0. The van der Waals surface area contributed by atoms with Crippen LogP contribution in [0.4, 0.5) is 0 Å². The van der Waals surface area contributed by atoms with Crippen LogP contribution in [-0.4, -0.2) is 17.1 Å². The molecule has 0 bridgehead atoms. The van der Waals surface area contributed by atoms with E-state index in [0.717, 1.165) is 12.0 Å². The van der Waals surface area contributed by atoms with Gasteiger partial charge in [0.1, 0.15) is 0 Å². The molecule has 0 radical (unpaired) electrons. The van der Waals surface area contributed by atoms with Crippen molar-refractivity contribution in [3.8, 4) is 6.01 Å². The van der Waals surface area contributed by atoms with Crippen LogP contribution in [-0.2, 0) is 5.54 Å². The number of aromatic nitrogens is 2. The average Bonchev–Trinajstić information content (AvgIpc) is 2.36. The molecule has 1 aromatic heterocycles. The predicted octanol–water partition coefficient (Wildman–Crippen LogP) is 2.10. The highest BCUT2D eigenvalue weighted by atomic mass is 16.5. The summed E-state index contributed by atoms with van der Waals surface area (Å²) in [4.78, 5) is 8.33. The van der Waals surface area contributed by atoms with Crippen LogP contribution in [0, 0.1) is 11.8 Å². The van der Waals surface area contributed by atoms with Crippen LogP contribution in [0.1, 0.15) is 38.7 Å². The molecule has 0 aromatic carbocycles. The van der Waals surface area contributed by atoms with Crippen LogP contribution >= 0.6 is 0 Å². The van der Waals surface area contributed by atoms with Crippen LogP contribution in [0.3, 0.4) is 0 Å². The molecule has 94 valence electrons. The molecule has 3 unspecified atom stereocenters. The van der Waals surface area contributed by atoms with Crippen molar-refractivity contribution in [3.63, 3.8) is 0 Å². The zero-order chi connectivity index (χ0) is 12.5. The van der Waals surface area contributed by atoms with Crippen LogP contribution in [0.15, 0.2) is 12.4 Å². The number of methoxy groups -OCH3 is 1. The monoisotopic (exact) mass is 235 g/mol. The van der Waals surface area contributed by atoms with Crippen molar-refractivity contribution in [2.75, 3.05) is 7.11 Å². The van der Waals surface area contributed by atoms with Gasteiger partial charge in [-0.15, -0.1) is 0 Å². The van der Waals surface area contributed by atoms with E-state index < -0.39 is 0 Å². The summed E-state index contributed by atoms with van der Waals surface area (Å²) in [5.41, 5.74) is 7.32. The minimum absolute atomic E-state index is 0.288. The Morgan fingerprint density at radius 1 is 1.35 bits per heavy atom. The van der Waals surface area contributed by atoms with Crippen molar-refractivity contribution in [2.24, 2.45) is 17.6 Å². The molecule has 17 heavy (non-hydrogen) atoms. The van der Waals surface area contributed by atoms with Crippen molar-refractivity contribution >= 4 is 0 Å². The third-order valence-corrected chi connectivity index (χ3v) is 4.26. The second-order valence-corrected chi connectivity index (χ2v) is 5.16. The highest BCUT2D eigenvalue weighted by molar-refractivity contribution is 5.21. The van der Waals surface area contributed by atoms with Gasteiger partial charge in [0.05, 0.1) is 7.11 Å². The SMILES string of the molecule is COc1ncc(C2(N)CCCC(C)C2C)cn1. The van der Waals surface area contributed by atoms with Gasteiger partial charge in [0, 0.05) is 23.5 Å². The maximum atomic E-state index is 6.59. The minimum atomic E-state index is -0.288. The quantitative estimate of drug-likeness (QED) is 0.852. The second-order valence-electron chi connectivity index (χ2n) is 5.16. The molecule has 0 amide bonds. The number of hydrogen-bond donors (Lipinski definition) is 1. The topological polar surface area (TPSA) is 61.0 Å². The maximum Gasteiger partial charge on any atom is 0.316 e. The van der Waals surface area contributed by atoms with Gasteiger partial charge < -0.3 is 10.5 Å². The first kappa shape index (κ1) is 12.3. The number of ether oxygens (including phenoxy) is 1. The Kier molecular flexibility index (Phi) is 3.33. The van der Waals surface area contributed by atoms with Gasteiger partial charge >= 0.3 is 6.01 Å². The van der Waals surface area contributed by atoms with E-state index in [4.69, 9.17) is 10.5 Å². The molecule has 0 spiro atoms. The molecular weight excluding hydrogens is 214 g/mol. The van der Waals surface area contributed by atoms with E-state index >= 15 is 0 Å². The van der Waals surface area contributed by atoms with E-state index in [-0.39, 0.29) is 5.54 Å². The Hall–Kier alpha value is -1.16. The molecule has 2 N–H and O–H groups in total. The van der Waals surface area contributed by atoms with Gasteiger partial charge in [-0.1, -0.05) is 26.7 Å². The number of nitrogens with two attached hydrogens (primary N) is 1. The Labute approximate surface area is 103 Å². The molecule has 4 heteroatoms. The zero-order valence-electron chi connectivity index (χ0n) is 10.8.